The molecule has 93 heavy (non-hydrogen) atoms. The molecule has 0 saturated carbocycles. The van der Waals surface area contributed by atoms with Gasteiger partial charge in [0.05, 0.1) is 46.8 Å². The molecule has 1 saturated heterocycles. The average Bonchev–Trinajstić information content (AvgIpc) is 1.80. The molecule has 0 N–H and O–H groups in total. The molecule has 0 atom stereocenters. The molecule has 12 rings (SSSR count). The fourth-order valence-electron chi connectivity index (χ4n) is 10.5. The maximum absolute atomic E-state index is 11.8. The van der Waals surface area contributed by atoms with Crippen LogP contribution < -0.4 is 34.9 Å². The third-order valence-corrected chi connectivity index (χ3v) is 20.6. The molecule has 3 heterocycles. The first-order chi connectivity index (χ1) is 44.6. The van der Waals surface area contributed by atoms with Crippen molar-refractivity contribution in [3.8, 4) is 56.6 Å². The van der Waals surface area contributed by atoms with E-state index in [0.29, 0.717) is 11.1 Å². The molecule has 2 aromatic heterocycles. The van der Waals surface area contributed by atoms with Crippen LogP contribution in [0.4, 0.5) is 0 Å². The summed E-state index contributed by atoms with van der Waals surface area (Å²) >= 11 is 1.45. The largest absolute Gasteiger partial charge is 0 e. The molecule has 11 aromatic rings. The fourth-order valence-corrected chi connectivity index (χ4v) is 15.2. The third kappa shape index (κ3) is 20.4. The van der Waals surface area contributed by atoms with Crippen molar-refractivity contribution in [1.29, 1.82) is 0 Å². The second-order valence-corrected chi connectivity index (χ2v) is 29.2. The SMILES string of the molecule is C1CCOC1.C=Cc1cc2nnn(-c3ccc(OC(C)C)cc3)c2cc1-c1ccc(OC(C)C)cc1.CC(C)Oc1ccc(-c2cc3c(cc2C=O)nnn3-c2ccc(OC(C)C)cc2)cc1.CCC[CH2][In].C[PH](c1ccccc1)(c1ccccc1)c1ccccc1.[Li]. The molecule has 0 amide bonds. The predicted octanol–water partition coefficient (Wildman–Crippen LogP) is 16.9. The van der Waals surface area contributed by atoms with Gasteiger partial charge < -0.3 is 23.7 Å². The van der Waals surface area contributed by atoms with E-state index in [1.807, 2.05) is 163 Å². The van der Waals surface area contributed by atoms with Crippen LogP contribution in [0.3, 0.4) is 0 Å². The number of benzene rings is 9. The molecule has 12 nitrogen and oxygen atoms in total. The fraction of sp³-hybridized carbons (Fsp3) is 0.269. The number of ether oxygens (including phenoxy) is 5. The van der Waals surface area contributed by atoms with Gasteiger partial charge >= 0.3 is 169 Å². The van der Waals surface area contributed by atoms with E-state index in [0.717, 1.165) is 98.2 Å². The van der Waals surface area contributed by atoms with Crippen molar-refractivity contribution in [2.75, 3.05) is 19.9 Å². The first-order valence-corrected chi connectivity index (χ1v) is 36.8. The molecule has 475 valence electrons. The molecular weight excluding hydrogens is 1270 g/mol. The van der Waals surface area contributed by atoms with E-state index in [2.05, 4.69) is 150 Å². The van der Waals surface area contributed by atoms with E-state index in [4.69, 9.17) is 23.7 Å². The maximum atomic E-state index is 11.8. The summed E-state index contributed by atoms with van der Waals surface area (Å²) in [5.41, 5.74) is 10.5. The van der Waals surface area contributed by atoms with Gasteiger partial charge in [0.1, 0.15) is 34.0 Å². The first-order valence-electron chi connectivity index (χ1n) is 32.0. The van der Waals surface area contributed by atoms with E-state index in [1.54, 1.807) is 10.7 Å². The molecule has 1 fully saturated rings. The van der Waals surface area contributed by atoms with Crippen molar-refractivity contribution in [1.82, 2.24) is 30.0 Å². The number of fused-ring (bicyclic) bond motifs is 2. The summed E-state index contributed by atoms with van der Waals surface area (Å²) in [5.74, 6) is 3.29. The second kappa shape index (κ2) is 36.6. The minimum Gasteiger partial charge on any atom is 0 e. The summed E-state index contributed by atoms with van der Waals surface area (Å²) in [7, 11) is -1.88. The molecule has 3 radical (unpaired) electrons. The molecule has 1 aliphatic heterocycles. The van der Waals surface area contributed by atoms with E-state index < -0.39 is 7.26 Å². The minimum atomic E-state index is -1.88. The minimum absolute atomic E-state index is 0. The molecule has 0 aliphatic carbocycles. The Hall–Kier alpha value is -7.75. The zero-order chi connectivity index (χ0) is 65.4. The Kier molecular flexibility index (Phi) is 28.6. The molecule has 1 aliphatic rings. The van der Waals surface area contributed by atoms with Crippen LogP contribution in [0.2, 0.25) is 4.18 Å². The average molecular weight is 1360 g/mol. The van der Waals surface area contributed by atoms with E-state index in [1.165, 1.54) is 70.1 Å². The molecular formula is C78H88InLiN6O6P. The van der Waals surface area contributed by atoms with Gasteiger partial charge in [-0.1, -0.05) is 47.3 Å². The molecule has 9 aromatic carbocycles. The number of hydrogen-bond donors (Lipinski definition) is 0. The Morgan fingerprint density at radius 2 is 0.839 bits per heavy atom. The van der Waals surface area contributed by atoms with Crippen molar-refractivity contribution in [2.24, 2.45) is 0 Å². The Morgan fingerprint density at radius 3 is 1.12 bits per heavy atom. The molecule has 0 unspecified atom stereocenters. The van der Waals surface area contributed by atoms with Gasteiger partial charge in [0.25, 0.3) is 0 Å². The van der Waals surface area contributed by atoms with Gasteiger partial charge in [0.15, 0.2) is 6.29 Å². The van der Waals surface area contributed by atoms with Crippen LogP contribution in [0.25, 0.3) is 61.8 Å². The molecule has 0 bridgehead atoms. The van der Waals surface area contributed by atoms with Crippen LogP contribution in [-0.4, -0.2) is 124 Å². The van der Waals surface area contributed by atoms with Gasteiger partial charge in [-0.25, -0.2) is 9.36 Å². The summed E-state index contributed by atoms with van der Waals surface area (Å²) in [6.45, 7) is 26.7. The number of unbranched alkanes of at least 4 members (excludes halogenated alkanes) is 1. The smallest absolute Gasteiger partial charge is 0 e. The van der Waals surface area contributed by atoms with Crippen molar-refractivity contribution < 1.29 is 28.5 Å². The van der Waals surface area contributed by atoms with Crippen LogP contribution >= 0.6 is 7.26 Å². The second-order valence-electron chi connectivity index (χ2n) is 23.6. The maximum Gasteiger partial charge on any atom is 0 e. The Labute approximate surface area is 578 Å². The summed E-state index contributed by atoms with van der Waals surface area (Å²) in [4.78, 5) is 11.8. The molecule has 15 heteroatoms. The standard InChI is InChI=1S/C26H27N3O2.C25H25N3O3.C19H19P.C4H8O.C4H9.In.Li/c1-6-19-15-25-26(16-24(19)20-7-11-22(12-8-20)30-17(2)3)29(28-27-25)21-9-13-23(14-10-21)31-18(4)5;1-16(2)30-21-9-5-18(6-10-21)23-14-25-24(13-19(23)15-29)26-27-28(25)20-7-11-22(12-8-20)31-17(3)4;1-20(17-11-5-2-6-12-17,18-13-7-3-8-14-18)19-15-9-4-10-16-19;1-2-4-5-3-1;1-3-4-2;;/h6-18H,1H2,2-5H3;5-17H,1-4H3;2-16,20H,1H3;1-4H2;1,3-4H2,2H3;;. The number of carbonyl (C=O) groups excluding carboxylic acids is 1. The van der Waals surface area contributed by atoms with E-state index >= 15 is 0 Å². The monoisotopic (exact) mass is 1360 g/mol. The summed E-state index contributed by atoms with van der Waals surface area (Å²) in [5, 5.41) is 21.7. The topological polar surface area (TPSA) is 125 Å². The van der Waals surface area contributed by atoms with Crippen molar-refractivity contribution >= 4 is 101 Å². The Balaban J connectivity index is 0.000000186. The Bertz CT molecular complexity index is 3720. The number of carbonyl (C=O) groups is 1. The zero-order valence-electron chi connectivity index (χ0n) is 56.0. The quantitative estimate of drug-likeness (QED) is 0.0439. The van der Waals surface area contributed by atoms with Crippen molar-refractivity contribution in [3.05, 3.63) is 230 Å². The van der Waals surface area contributed by atoms with Crippen LogP contribution in [0.15, 0.2) is 219 Å². The van der Waals surface area contributed by atoms with Gasteiger partial charge in [0, 0.05) is 37.6 Å². The Morgan fingerprint density at radius 1 is 0.505 bits per heavy atom. The van der Waals surface area contributed by atoms with Crippen LogP contribution in [0, 0.1) is 0 Å². The van der Waals surface area contributed by atoms with Gasteiger partial charge in [0.2, 0.25) is 0 Å². The van der Waals surface area contributed by atoms with Crippen molar-refractivity contribution in [2.45, 2.75) is 117 Å². The van der Waals surface area contributed by atoms with E-state index in [-0.39, 0.29) is 43.3 Å². The summed E-state index contributed by atoms with van der Waals surface area (Å²) in [6.07, 6.45) is 8.57. The number of nitrogens with zero attached hydrogens (tertiary/aromatic N) is 6. The summed E-state index contributed by atoms with van der Waals surface area (Å²) < 4.78 is 33.0. The zero-order valence-corrected chi connectivity index (χ0v) is 60.3. The van der Waals surface area contributed by atoms with Crippen molar-refractivity contribution in [3.63, 3.8) is 0 Å². The van der Waals surface area contributed by atoms with Crippen LogP contribution in [-0.2, 0) is 4.74 Å². The van der Waals surface area contributed by atoms with Crippen LogP contribution in [0.1, 0.15) is 104 Å². The third-order valence-electron chi connectivity index (χ3n) is 15.0. The first kappa shape index (κ1) is 72.7. The van der Waals surface area contributed by atoms with Gasteiger partial charge in [-0.15, -0.1) is 10.2 Å². The van der Waals surface area contributed by atoms with Gasteiger partial charge in [-0.2, -0.15) is 0 Å². The normalized spacial score (nSPS) is 11.8. The predicted molar refractivity (Wildman–Crippen MR) is 391 cm³/mol. The van der Waals surface area contributed by atoms with Gasteiger partial charge in [-0.3, -0.25) is 4.79 Å². The van der Waals surface area contributed by atoms with E-state index in [9.17, 15) is 4.79 Å². The number of aldehydes is 1. The summed E-state index contributed by atoms with van der Waals surface area (Å²) in [6, 6.07) is 72.1. The number of rotatable bonds is 19. The van der Waals surface area contributed by atoms with Crippen LogP contribution in [0.5, 0.6) is 23.0 Å². The van der Waals surface area contributed by atoms with Gasteiger partial charge in [-0.05, 0) is 193 Å². The number of aromatic nitrogens is 6. The molecule has 0 spiro atoms. The number of hydrogen-bond acceptors (Lipinski definition) is 10.